The van der Waals surface area contributed by atoms with Gasteiger partial charge in [-0.15, -0.1) is 0 Å². The number of carbonyl (C=O) groups excluding carboxylic acids is 2. The van der Waals surface area contributed by atoms with Crippen molar-refractivity contribution in [3.8, 4) is 5.75 Å². The van der Waals surface area contributed by atoms with E-state index in [0.717, 1.165) is 34.1 Å². The van der Waals surface area contributed by atoms with Gasteiger partial charge in [0.15, 0.2) is 0 Å². The fourth-order valence-corrected chi connectivity index (χ4v) is 6.43. The Balaban J connectivity index is 1.79. The summed E-state index contributed by atoms with van der Waals surface area (Å²) < 4.78 is 48.2. The van der Waals surface area contributed by atoms with E-state index in [9.17, 15) is 22.4 Å². The Morgan fingerprint density at radius 2 is 1.56 bits per heavy atom. The normalized spacial score (nSPS) is 11.8. The van der Waals surface area contributed by atoms with Gasteiger partial charge in [-0.1, -0.05) is 59.6 Å². The average molecular weight is 673 g/mol. The SMILES string of the molecule is CCOc1ccc(N(CC(=O)N(Cc2ccc(Cl)c(Cl)c2)C(Cc2ccccc2)C(=O)NC)S(=O)(=O)c2ccc(F)cc2)cc1. The average Bonchev–Trinajstić information content (AvgIpc) is 3.04. The van der Waals surface area contributed by atoms with Crippen molar-refractivity contribution >= 4 is 50.7 Å². The summed E-state index contributed by atoms with van der Waals surface area (Å²) in [6, 6.07) is 23.5. The van der Waals surface area contributed by atoms with Crippen LogP contribution in [-0.4, -0.2) is 51.4 Å². The van der Waals surface area contributed by atoms with Crippen LogP contribution < -0.4 is 14.4 Å². The first-order valence-corrected chi connectivity index (χ1v) is 16.2. The highest BCUT2D eigenvalue weighted by Crippen LogP contribution is 2.28. The minimum absolute atomic E-state index is 0.0750. The molecule has 0 aliphatic carbocycles. The summed E-state index contributed by atoms with van der Waals surface area (Å²) in [5, 5.41) is 3.21. The molecule has 4 aromatic rings. The van der Waals surface area contributed by atoms with Crippen LogP contribution in [-0.2, 0) is 32.6 Å². The number of amides is 2. The molecular formula is C33H32Cl2FN3O5S. The molecule has 0 aliphatic rings. The Morgan fingerprint density at radius 3 is 2.16 bits per heavy atom. The van der Waals surface area contributed by atoms with E-state index in [1.165, 1.54) is 24.1 Å². The summed E-state index contributed by atoms with van der Waals surface area (Å²) in [4.78, 5) is 28.8. The van der Waals surface area contributed by atoms with Crippen molar-refractivity contribution in [2.45, 2.75) is 30.8 Å². The molecule has 45 heavy (non-hydrogen) atoms. The maximum atomic E-state index is 14.3. The van der Waals surface area contributed by atoms with Gasteiger partial charge in [0.25, 0.3) is 10.0 Å². The van der Waals surface area contributed by atoms with Crippen molar-refractivity contribution < 1.29 is 27.1 Å². The van der Waals surface area contributed by atoms with Gasteiger partial charge in [-0.3, -0.25) is 13.9 Å². The number of ether oxygens (including phenoxy) is 1. The first-order valence-electron chi connectivity index (χ1n) is 14.0. The second-order valence-corrected chi connectivity index (χ2v) is 12.7. The Morgan fingerprint density at radius 1 is 0.889 bits per heavy atom. The van der Waals surface area contributed by atoms with Crippen LogP contribution in [0.15, 0.2) is 102 Å². The molecule has 4 rings (SSSR count). The van der Waals surface area contributed by atoms with Gasteiger partial charge in [0.1, 0.15) is 24.2 Å². The lowest BCUT2D eigenvalue weighted by atomic mass is 10.0. The zero-order valence-corrected chi connectivity index (χ0v) is 26.9. The van der Waals surface area contributed by atoms with Crippen LogP contribution in [0.4, 0.5) is 10.1 Å². The number of anilines is 1. The van der Waals surface area contributed by atoms with Gasteiger partial charge >= 0.3 is 0 Å². The highest BCUT2D eigenvalue weighted by atomic mass is 35.5. The summed E-state index contributed by atoms with van der Waals surface area (Å²) in [5.41, 5.74) is 1.54. The summed E-state index contributed by atoms with van der Waals surface area (Å²) in [5.74, 6) is -1.21. The van der Waals surface area contributed by atoms with Crippen LogP contribution in [0.2, 0.25) is 10.0 Å². The maximum Gasteiger partial charge on any atom is 0.264 e. The van der Waals surface area contributed by atoms with Gasteiger partial charge in [0.2, 0.25) is 11.8 Å². The number of hydrogen-bond acceptors (Lipinski definition) is 5. The minimum Gasteiger partial charge on any atom is -0.494 e. The fraction of sp³-hybridized carbons (Fsp3) is 0.212. The molecular weight excluding hydrogens is 640 g/mol. The summed E-state index contributed by atoms with van der Waals surface area (Å²) in [6.07, 6.45) is 0.154. The van der Waals surface area contributed by atoms with Crippen molar-refractivity contribution in [2.75, 3.05) is 24.5 Å². The monoisotopic (exact) mass is 671 g/mol. The van der Waals surface area contributed by atoms with E-state index in [0.29, 0.717) is 22.9 Å². The molecule has 1 unspecified atom stereocenters. The van der Waals surface area contributed by atoms with Gasteiger partial charge in [-0.2, -0.15) is 0 Å². The first kappa shape index (κ1) is 33.8. The summed E-state index contributed by atoms with van der Waals surface area (Å²) in [7, 11) is -2.92. The van der Waals surface area contributed by atoms with Gasteiger partial charge in [-0.05, 0) is 78.7 Å². The van der Waals surface area contributed by atoms with Crippen LogP contribution in [0, 0.1) is 5.82 Å². The Bertz CT molecular complexity index is 1720. The number of rotatable bonds is 13. The molecule has 0 aliphatic heterocycles. The number of carbonyl (C=O) groups is 2. The molecule has 0 saturated heterocycles. The highest BCUT2D eigenvalue weighted by molar-refractivity contribution is 7.92. The second-order valence-electron chi connectivity index (χ2n) is 9.98. The molecule has 236 valence electrons. The van der Waals surface area contributed by atoms with Crippen molar-refractivity contribution in [1.82, 2.24) is 10.2 Å². The van der Waals surface area contributed by atoms with Gasteiger partial charge in [-0.25, -0.2) is 12.8 Å². The van der Waals surface area contributed by atoms with Crippen molar-refractivity contribution in [2.24, 2.45) is 0 Å². The van der Waals surface area contributed by atoms with Crippen molar-refractivity contribution in [3.63, 3.8) is 0 Å². The number of hydrogen-bond donors (Lipinski definition) is 1. The van der Waals surface area contributed by atoms with E-state index in [1.54, 1.807) is 30.3 Å². The Kier molecular flexibility index (Phi) is 11.4. The minimum atomic E-state index is -4.38. The van der Waals surface area contributed by atoms with Crippen LogP contribution >= 0.6 is 23.2 Å². The standard InChI is InChI=1S/C33H32Cl2FN3O5S/c1-3-44-27-14-12-26(13-15-27)39(45(42,43)28-16-10-25(36)11-17-28)22-32(40)38(21-24-9-18-29(34)30(35)19-24)31(33(41)37-2)20-23-7-5-4-6-8-23/h4-19,31H,3,20-22H2,1-2H3,(H,37,41). The molecule has 0 fully saturated rings. The maximum absolute atomic E-state index is 14.3. The molecule has 0 heterocycles. The van der Waals surface area contributed by atoms with Crippen molar-refractivity contribution in [1.29, 1.82) is 0 Å². The first-order chi connectivity index (χ1) is 21.5. The summed E-state index contributed by atoms with van der Waals surface area (Å²) in [6.45, 7) is 1.48. The number of nitrogens with zero attached hydrogens (tertiary/aromatic N) is 2. The number of likely N-dealkylation sites (N-methyl/N-ethyl adjacent to an activating group) is 1. The number of sulfonamides is 1. The molecule has 1 N–H and O–H groups in total. The quantitative estimate of drug-likeness (QED) is 0.185. The lowest BCUT2D eigenvalue weighted by molar-refractivity contribution is -0.139. The lowest BCUT2D eigenvalue weighted by Gasteiger charge is -2.33. The van der Waals surface area contributed by atoms with Crippen molar-refractivity contribution in [3.05, 3.63) is 124 Å². The van der Waals surface area contributed by atoms with E-state index >= 15 is 0 Å². The molecule has 12 heteroatoms. The van der Waals surface area contributed by atoms with Crippen LogP contribution in [0.25, 0.3) is 0 Å². The predicted octanol–water partition coefficient (Wildman–Crippen LogP) is 6.11. The fourth-order valence-electron chi connectivity index (χ4n) is 4.69. The molecule has 0 spiro atoms. The third-order valence-electron chi connectivity index (χ3n) is 6.97. The molecule has 0 saturated carbocycles. The van der Waals surface area contributed by atoms with E-state index < -0.39 is 40.2 Å². The van der Waals surface area contributed by atoms with E-state index in [4.69, 9.17) is 27.9 Å². The van der Waals surface area contributed by atoms with Crippen LogP contribution in [0.3, 0.4) is 0 Å². The Labute approximate surface area is 272 Å². The Hall–Kier alpha value is -4.12. The van der Waals surface area contributed by atoms with E-state index in [1.807, 2.05) is 37.3 Å². The molecule has 0 radical (unpaired) electrons. The number of nitrogens with one attached hydrogen (secondary N) is 1. The van der Waals surface area contributed by atoms with Crippen LogP contribution in [0.5, 0.6) is 5.75 Å². The molecule has 8 nitrogen and oxygen atoms in total. The smallest absolute Gasteiger partial charge is 0.264 e. The lowest BCUT2D eigenvalue weighted by Crippen LogP contribution is -2.53. The summed E-state index contributed by atoms with van der Waals surface area (Å²) >= 11 is 12.4. The molecule has 4 aromatic carbocycles. The second kappa shape index (κ2) is 15.2. The third kappa shape index (κ3) is 8.54. The molecule has 2 amide bonds. The highest BCUT2D eigenvalue weighted by Gasteiger charge is 2.34. The largest absolute Gasteiger partial charge is 0.494 e. The van der Waals surface area contributed by atoms with Gasteiger partial charge in [0.05, 0.1) is 27.2 Å². The van der Waals surface area contributed by atoms with E-state index in [2.05, 4.69) is 5.32 Å². The molecule has 1 atom stereocenters. The predicted molar refractivity (Wildman–Crippen MR) is 174 cm³/mol. The van der Waals surface area contributed by atoms with E-state index in [-0.39, 0.29) is 28.6 Å². The zero-order chi connectivity index (χ0) is 32.6. The third-order valence-corrected chi connectivity index (χ3v) is 9.50. The van der Waals surface area contributed by atoms with Gasteiger partial charge in [0, 0.05) is 20.0 Å². The number of benzene rings is 4. The zero-order valence-electron chi connectivity index (χ0n) is 24.6. The van der Waals surface area contributed by atoms with Gasteiger partial charge < -0.3 is 15.0 Å². The topological polar surface area (TPSA) is 96.0 Å². The number of halogens is 3. The molecule has 0 aromatic heterocycles. The van der Waals surface area contributed by atoms with Crippen LogP contribution in [0.1, 0.15) is 18.1 Å². The molecule has 0 bridgehead atoms.